The molecule has 0 aliphatic heterocycles. The number of anilines is 1. The normalized spacial score (nSPS) is 11.6. The maximum Gasteiger partial charge on any atom is 0.257 e. The number of halogens is 2. The predicted octanol–water partition coefficient (Wildman–Crippen LogP) is 3.47. The maximum atomic E-state index is 13.1. The van der Waals surface area contributed by atoms with E-state index in [1.54, 1.807) is 13.8 Å². The third-order valence-corrected chi connectivity index (χ3v) is 6.09. The summed E-state index contributed by atoms with van der Waals surface area (Å²) >= 11 is 5.85. The summed E-state index contributed by atoms with van der Waals surface area (Å²) in [7, 11) is -3.76. The lowest BCUT2D eigenvalue weighted by atomic mass is 10.2. The zero-order valence-electron chi connectivity index (χ0n) is 14.2. The average Bonchev–Trinajstić information content (AvgIpc) is 2.57. The number of carbonyl (C=O) groups excluding carboxylic acids is 1. The highest BCUT2D eigenvalue weighted by molar-refractivity contribution is 7.89. The number of phenolic OH excluding ortho intramolecular Hbond substituents is 1. The fourth-order valence-corrected chi connectivity index (χ4v) is 4.09. The van der Waals surface area contributed by atoms with Crippen molar-refractivity contribution in [2.75, 3.05) is 18.4 Å². The first-order chi connectivity index (χ1) is 12.2. The lowest BCUT2D eigenvalue weighted by molar-refractivity contribution is 0.102. The lowest BCUT2D eigenvalue weighted by Gasteiger charge is -2.19. The Morgan fingerprint density at radius 2 is 1.85 bits per heavy atom. The van der Waals surface area contributed by atoms with E-state index in [2.05, 4.69) is 5.32 Å². The van der Waals surface area contributed by atoms with Gasteiger partial charge in [0.05, 0.1) is 21.2 Å². The predicted molar refractivity (Wildman–Crippen MR) is 97.6 cm³/mol. The SMILES string of the molecule is CCN(CC)S(=O)(=O)c1ccc(O)c(NC(=O)c2ccc(F)cc2Cl)c1. The molecule has 9 heteroatoms. The van der Waals surface area contributed by atoms with Crippen molar-refractivity contribution in [1.82, 2.24) is 4.31 Å². The van der Waals surface area contributed by atoms with Crippen LogP contribution in [0.4, 0.5) is 10.1 Å². The zero-order valence-corrected chi connectivity index (χ0v) is 15.7. The molecule has 2 aromatic rings. The van der Waals surface area contributed by atoms with Crippen molar-refractivity contribution < 1.29 is 22.7 Å². The molecule has 0 saturated heterocycles. The summed E-state index contributed by atoms with van der Waals surface area (Å²) in [4.78, 5) is 12.2. The molecule has 0 heterocycles. The van der Waals surface area contributed by atoms with Crippen LogP contribution in [0.25, 0.3) is 0 Å². The summed E-state index contributed by atoms with van der Waals surface area (Å²) < 4.78 is 39.5. The highest BCUT2D eigenvalue weighted by Crippen LogP contribution is 2.29. The van der Waals surface area contributed by atoms with E-state index in [4.69, 9.17) is 11.6 Å². The van der Waals surface area contributed by atoms with Crippen molar-refractivity contribution in [2.45, 2.75) is 18.7 Å². The molecule has 0 bridgehead atoms. The number of carbonyl (C=O) groups is 1. The minimum atomic E-state index is -3.76. The number of aromatic hydroxyl groups is 1. The van der Waals surface area contributed by atoms with Crippen molar-refractivity contribution >= 4 is 33.2 Å². The Morgan fingerprint density at radius 3 is 2.42 bits per heavy atom. The number of hydrogen-bond donors (Lipinski definition) is 2. The third-order valence-electron chi connectivity index (χ3n) is 3.74. The van der Waals surface area contributed by atoms with Crippen LogP contribution in [0.3, 0.4) is 0 Å². The van der Waals surface area contributed by atoms with Crippen LogP contribution in [0, 0.1) is 5.82 Å². The summed E-state index contributed by atoms with van der Waals surface area (Å²) in [5, 5.41) is 12.2. The average molecular weight is 401 g/mol. The molecule has 26 heavy (non-hydrogen) atoms. The maximum absolute atomic E-state index is 13.1. The molecule has 2 aromatic carbocycles. The Morgan fingerprint density at radius 1 is 1.19 bits per heavy atom. The molecular formula is C17H18ClFN2O4S. The van der Waals surface area contributed by atoms with Gasteiger partial charge in [0.1, 0.15) is 11.6 Å². The number of nitrogens with zero attached hydrogens (tertiary/aromatic N) is 1. The number of sulfonamides is 1. The second-order valence-corrected chi connectivity index (χ2v) is 7.69. The highest BCUT2D eigenvalue weighted by atomic mass is 35.5. The first kappa shape index (κ1) is 20.2. The van der Waals surface area contributed by atoms with Gasteiger partial charge in [-0.3, -0.25) is 4.79 Å². The van der Waals surface area contributed by atoms with Crippen LogP contribution in [0.1, 0.15) is 24.2 Å². The summed E-state index contributed by atoms with van der Waals surface area (Å²) in [6, 6.07) is 6.85. The summed E-state index contributed by atoms with van der Waals surface area (Å²) in [5.74, 6) is -1.61. The van der Waals surface area contributed by atoms with E-state index in [9.17, 15) is 22.7 Å². The minimum Gasteiger partial charge on any atom is -0.506 e. The Hall–Kier alpha value is -2.16. The molecule has 0 unspecified atom stereocenters. The van der Waals surface area contributed by atoms with E-state index >= 15 is 0 Å². The van der Waals surface area contributed by atoms with E-state index < -0.39 is 21.7 Å². The van der Waals surface area contributed by atoms with Crippen LogP contribution in [0.2, 0.25) is 5.02 Å². The molecule has 2 rings (SSSR count). The van der Waals surface area contributed by atoms with Crippen LogP contribution < -0.4 is 5.32 Å². The van der Waals surface area contributed by atoms with Crippen LogP contribution in [0.15, 0.2) is 41.3 Å². The van der Waals surface area contributed by atoms with Gasteiger partial charge in [-0.1, -0.05) is 25.4 Å². The van der Waals surface area contributed by atoms with Gasteiger partial charge in [0.2, 0.25) is 10.0 Å². The van der Waals surface area contributed by atoms with Gasteiger partial charge < -0.3 is 10.4 Å². The molecule has 0 aliphatic rings. The fourth-order valence-electron chi connectivity index (χ4n) is 2.35. The quantitative estimate of drug-likeness (QED) is 0.727. The smallest absolute Gasteiger partial charge is 0.257 e. The molecule has 0 atom stereocenters. The first-order valence-corrected chi connectivity index (χ1v) is 9.62. The number of amides is 1. The van der Waals surface area contributed by atoms with Crippen LogP contribution in [0.5, 0.6) is 5.75 Å². The van der Waals surface area contributed by atoms with E-state index in [-0.39, 0.29) is 40.0 Å². The molecule has 0 aliphatic carbocycles. The van der Waals surface area contributed by atoms with Gasteiger partial charge in [-0.05, 0) is 36.4 Å². The number of phenols is 1. The summed E-state index contributed by atoms with van der Waals surface area (Å²) in [6.45, 7) is 3.99. The first-order valence-electron chi connectivity index (χ1n) is 7.80. The van der Waals surface area contributed by atoms with Crippen molar-refractivity contribution in [2.24, 2.45) is 0 Å². The molecule has 6 nitrogen and oxygen atoms in total. The minimum absolute atomic E-state index is 0.00975. The van der Waals surface area contributed by atoms with Gasteiger partial charge in [0, 0.05) is 13.1 Å². The van der Waals surface area contributed by atoms with E-state index in [0.717, 1.165) is 18.2 Å². The fraction of sp³-hybridized carbons (Fsp3) is 0.235. The topological polar surface area (TPSA) is 86.7 Å². The van der Waals surface area contributed by atoms with Crippen molar-refractivity contribution in [3.05, 3.63) is 52.8 Å². The van der Waals surface area contributed by atoms with Gasteiger partial charge in [-0.15, -0.1) is 0 Å². The van der Waals surface area contributed by atoms with Gasteiger partial charge in [0.25, 0.3) is 5.91 Å². The summed E-state index contributed by atoms with van der Waals surface area (Å²) in [6.07, 6.45) is 0. The van der Waals surface area contributed by atoms with Crippen LogP contribution in [-0.2, 0) is 10.0 Å². The van der Waals surface area contributed by atoms with E-state index in [1.165, 1.54) is 22.5 Å². The standard InChI is InChI=1S/C17H18ClFN2O4S/c1-3-21(4-2)26(24,25)12-6-8-16(22)15(10-12)20-17(23)13-7-5-11(19)9-14(13)18/h5-10,22H,3-4H2,1-2H3,(H,20,23). The number of benzene rings is 2. The molecule has 0 saturated carbocycles. The Bertz CT molecular complexity index is 930. The van der Waals surface area contributed by atoms with E-state index in [1.807, 2.05) is 0 Å². The van der Waals surface area contributed by atoms with Crippen molar-refractivity contribution in [3.63, 3.8) is 0 Å². The second-order valence-electron chi connectivity index (χ2n) is 5.35. The van der Waals surface area contributed by atoms with E-state index in [0.29, 0.717) is 0 Å². The van der Waals surface area contributed by atoms with Crippen LogP contribution in [-0.4, -0.2) is 36.8 Å². The van der Waals surface area contributed by atoms with Crippen molar-refractivity contribution in [3.8, 4) is 5.75 Å². The Labute approximate surface area is 156 Å². The second kappa shape index (κ2) is 8.03. The molecular weight excluding hydrogens is 383 g/mol. The number of hydrogen-bond acceptors (Lipinski definition) is 4. The lowest BCUT2D eigenvalue weighted by Crippen LogP contribution is -2.30. The highest BCUT2D eigenvalue weighted by Gasteiger charge is 2.23. The van der Waals surface area contributed by atoms with Gasteiger partial charge in [-0.2, -0.15) is 4.31 Å². The molecule has 0 spiro atoms. The van der Waals surface area contributed by atoms with Crippen molar-refractivity contribution in [1.29, 1.82) is 0 Å². The Balaban J connectivity index is 2.37. The van der Waals surface area contributed by atoms with Gasteiger partial charge in [-0.25, -0.2) is 12.8 Å². The number of nitrogens with one attached hydrogen (secondary N) is 1. The molecule has 0 aromatic heterocycles. The molecule has 0 radical (unpaired) electrons. The number of rotatable bonds is 6. The molecule has 1 amide bonds. The molecule has 0 fully saturated rings. The van der Waals surface area contributed by atoms with Gasteiger partial charge in [0.15, 0.2) is 0 Å². The van der Waals surface area contributed by atoms with Gasteiger partial charge >= 0.3 is 0 Å². The largest absolute Gasteiger partial charge is 0.506 e. The summed E-state index contributed by atoms with van der Waals surface area (Å²) in [5.41, 5.74) is -0.104. The monoisotopic (exact) mass is 400 g/mol. The molecule has 140 valence electrons. The molecule has 2 N–H and O–H groups in total. The zero-order chi connectivity index (χ0) is 19.5. The van der Waals surface area contributed by atoms with Crippen LogP contribution >= 0.6 is 11.6 Å². The Kier molecular flexibility index (Phi) is 6.22. The third kappa shape index (κ3) is 4.14.